The minimum atomic E-state index is 0.741. The van der Waals surface area contributed by atoms with Crippen LogP contribution in [0.5, 0.6) is 0 Å². The third-order valence-electron chi connectivity index (χ3n) is 5.05. The highest BCUT2D eigenvalue weighted by Crippen LogP contribution is 2.40. The van der Waals surface area contributed by atoms with Gasteiger partial charge >= 0.3 is 0 Å². The van der Waals surface area contributed by atoms with Gasteiger partial charge in [0.05, 0.1) is 6.57 Å². The lowest BCUT2D eigenvalue weighted by Gasteiger charge is -1.90. The number of fused-ring (bicyclic) bond motifs is 6. The first-order valence-corrected chi connectivity index (χ1v) is 12.4. The van der Waals surface area contributed by atoms with Crippen molar-refractivity contribution >= 4 is 103 Å². The van der Waals surface area contributed by atoms with Crippen molar-refractivity contribution in [1.82, 2.24) is 0 Å². The molecule has 0 saturated heterocycles. The molecule has 0 atom stereocenters. The molecule has 6 heteroatoms. The topological polar surface area (TPSA) is 28.1 Å². The van der Waals surface area contributed by atoms with E-state index in [-0.39, 0.29) is 0 Å². The van der Waals surface area contributed by atoms with E-state index in [9.17, 15) is 5.26 Å². The molecule has 140 valence electrons. The van der Waals surface area contributed by atoms with Gasteiger partial charge in [-0.1, -0.05) is 0 Å². The number of thiophene rings is 4. The van der Waals surface area contributed by atoms with Gasteiger partial charge in [0.1, 0.15) is 10.9 Å². The highest BCUT2D eigenvalue weighted by molar-refractivity contribution is 7.24. The van der Waals surface area contributed by atoms with Crippen LogP contribution in [0.1, 0.15) is 14.6 Å². The van der Waals surface area contributed by atoms with Gasteiger partial charge in [0, 0.05) is 44.7 Å². The molecule has 6 aromatic rings. The van der Waals surface area contributed by atoms with Crippen molar-refractivity contribution in [2.24, 2.45) is 0 Å². The first-order valence-electron chi connectivity index (χ1n) is 9.10. The van der Waals surface area contributed by atoms with Gasteiger partial charge in [0.25, 0.3) is 0 Å². The third-order valence-corrected chi connectivity index (χ3v) is 9.18. The standard InChI is InChI=1S/C24H10N2S4/c1-26-24-11-19-17-9-14(28-21(17)6-7-23(19)30-24)3-2-13-8-16-18-10-15(12-25)29-22(18)5-4-20(16)27-13/h2-11H/b3-2+. The lowest BCUT2D eigenvalue weighted by Crippen LogP contribution is -1.64. The second-order valence-corrected chi connectivity index (χ2v) is 11.2. The number of nitrogens with zero attached hydrogens (tertiary/aromatic N) is 2. The summed E-state index contributed by atoms with van der Waals surface area (Å²) in [6.45, 7) is 7.27. The number of benzene rings is 2. The molecular weight excluding hydrogens is 445 g/mol. The lowest BCUT2D eigenvalue weighted by atomic mass is 10.1. The molecule has 0 amide bonds. The van der Waals surface area contributed by atoms with Crippen molar-refractivity contribution < 1.29 is 0 Å². The Bertz CT molecular complexity index is 1600. The van der Waals surface area contributed by atoms with Crippen LogP contribution in [0.4, 0.5) is 5.00 Å². The highest BCUT2D eigenvalue weighted by atomic mass is 32.1. The van der Waals surface area contributed by atoms with Crippen LogP contribution in [0.25, 0.3) is 57.3 Å². The van der Waals surface area contributed by atoms with Crippen LogP contribution in [-0.2, 0) is 0 Å². The molecule has 0 saturated carbocycles. The van der Waals surface area contributed by atoms with Gasteiger partial charge in [0.2, 0.25) is 5.00 Å². The molecule has 0 radical (unpaired) electrons. The van der Waals surface area contributed by atoms with Gasteiger partial charge in [0.15, 0.2) is 0 Å². The Morgan fingerprint density at radius 2 is 1.20 bits per heavy atom. The first-order chi connectivity index (χ1) is 14.7. The van der Waals surface area contributed by atoms with E-state index in [1.54, 1.807) is 45.3 Å². The van der Waals surface area contributed by atoms with Crippen molar-refractivity contribution in [3.8, 4) is 6.07 Å². The van der Waals surface area contributed by atoms with E-state index in [0.29, 0.717) is 0 Å². The summed E-state index contributed by atoms with van der Waals surface area (Å²) in [6, 6.07) is 19.2. The fourth-order valence-corrected chi connectivity index (χ4v) is 7.43. The average molecular weight is 455 g/mol. The first kappa shape index (κ1) is 17.8. The number of hydrogen-bond acceptors (Lipinski definition) is 5. The van der Waals surface area contributed by atoms with Gasteiger partial charge in [-0.2, -0.15) is 16.6 Å². The van der Waals surface area contributed by atoms with Gasteiger partial charge in [-0.25, -0.2) is 4.85 Å². The molecule has 0 fully saturated rings. The number of nitriles is 1. The molecule has 2 aromatic carbocycles. The Kier molecular flexibility index (Phi) is 4.02. The molecule has 4 heterocycles. The SMILES string of the molecule is [C-]#[N+]c1cc2c(ccc3sc(/C=C/c4cc5c(ccc6sc(C#N)cc65)s4)cc32)s1. The zero-order valence-electron chi connectivity index (χ0n) is 15.3. The molecule has 0 aliphatic carbocycles. The summed E-state index contributed by atoms with van der Waals surface area (Å²) in [4.78, 5) is 6.76. The number of rotatable bonds is 2. The largest absolute Gasteiger partial charge is 0.242 e. The quantitative estimate of drug-likeness (QED) is 0.240. The summed E-state index contributed by atoms with van der Waals surface area (Å²) in [6.07, 6.45) is 4.35. The van der Waals surface area contributed by atoms with Crippen molar-refractivity contribution in [2.45, 2.75) is 0 Å². The minimum absolute atomic E-state index is 0.741. The molecular formula is C24H10N2S4. The predicted octanol–water partition coefficient (Wildman–Crippen LogP) is 9.14. The van der Waals surface area contributed by atoms with E-state index >= 15 is 0 Å². The van der Waals surface area contributed by atoms with Crippen LogP contribution < -0.4 is 0 Å². The van der Waals surface area contributed by atoms with Crippen molar-refractivity contribution in [3.05, 3.63) is 74.6 Å². The maximum atomic E-state index is 9.21. The van der Waals surface area contributed by atoms with Crippen LogP contribution in [0.2, 0.25) is 0 Å². The summed E-state index contributed by atoms with van der Waals surface area (Å²) < 4.78 is 4.82. The Hall–Kier alpha value is -3.00. The van der Waals surface area contributed by atoms with E-state index in [1.165, 1.54) is 45.4 Å². The molecule has 0 aliphatic rings. The van der Waals surface area contributed by atoms with Gasteiger partial charge < -0.3 is 0 Å². The average Bonchev–Trinajstić information content (AvgIpc) is 3.53. The minimum Gasteiger partial charge on any atom is -0.227 e. The van der Waals surface area contributed by atoms with E-state index < -0.39 is 0 Å². The van der Waals surface area contributed by atoms with Crippen LogP contribution in [-0.4, -0.2) is 0 Å². The van der Waals surface area contributed by atoms with Crippen LogP contribution in [0, 0.1) is 17.9 Å². The zero-order valence-corrected chi connectivity index (χ0v) is 18.6. The third kappa shape index (κ3) is 2.78. The molecule has 30 heavy (non-hydrogen) atoms. The monoisotopic (exact) mass is 454 g/mol. The Balaban J connectivity index is 1.42. The van der Waals surface area contributed by atoms with Crippen molar-refractivity contribution in [1.29, 1.82) is 5.26 Å². The highest BCUT2D eigenvalue weighted by Gasteiger charge is 2.10. The van der Waals surface area contributed by atoms with E-state index in [2.05, 4.69) is 59.5 Å². The molecule has 6 rings (SSSR count). The van der Waals surface area contributed by atoms with E-state index in [4.69, 9.17) is 6.57 Å². The Morgan fingerprint density at radius 3 is 1.77 bits per heavy atom. The fourth-order valence-electron chi connectivity index (χ4n) is 3.73. The molecule has 0 N–H and O–H groups in total. The van der Waals surface area contributed by atoms with Crippen LogP contribution in [0.15, 0.2) is 48.5 Å². The van der Waals surface area contributed by atoms with E-state index in [1.807, 2.05) is 12.1 Å². The smallest absolute Gasteiger partial charge is 0.227 e. The lowest BCUT2D eigenvalue weighted by molar-refractivity contribution is 1.52. The van der Waals surface area contributed by atoms with E-state index in [0.717, 1.165) is 14.6 Å². The van der Waals surface area contributed by atoms with Crippen LogP contribution in [0.3, 0.4) is 0 Å². The predicted molar refractivity (Wildman–Crippen MR) is 134 cm³/mol. The summed E-state index contributed by atoms with van der Waals surface area (Å²) in [5, 5.41) is 14.7. The maximum Gasteiger partial charge on any atom is 0.242 e. The molecule has 0 unspecified atom stereocenters. The normalized spacial score (nSPS) is 11.8. The molecule has 4 aromatic heterocycles. The second kappa shape index (κ2) is 6.77. The Morgan fingerprint density at radius 1 is 0.700 bits per heavy atom. The van der Waals surface area contributed by atoms with Crippen molar-refractivity contribution in [2.75, 3.05) is 0 Å². The maximum absolute atomic E-state index is 9.21. The second-order valence-electron chi connectivity index (χ2n) is 6.83. The molecule has 0 bridgehead atoms. The van der Waals surface area contributed by atoms with Gasteiger partial charge in [-0.3, -0.25) is 0 Å². The fraction of sp³-hybridized carbons (Fsp3) is 0. The molecule has 0 aliphatic heterocycles. The summed E-state index contributed by atoms with van der Waals surface area (Å²) in [7, 11) is 0. The van der Waals surface area contributed by atoms with Crippen LogP contribution >= 0.6 is 45.3 Å². The van der Waals surface area contributed by atoms with Crippen molar-refractivity contribution in [3.63, 3.8) is 0 Å². The van der Waals surface area contributed by atoms with Gasteiger partial charge in [-0.15, -0.1) is 34.0 Å². The molecule has 0 spiro atoms. The number of hydrogen-bond donors (Lipinski definition) is 0. The summed E-state index contributed by atoms with van der Waals surface area (Å²) in [5.41, 5.74) is 0. The van der Waals surface area contributed by atoms with Gasteiger partial charge in [-0.05, 0) is 66.1 Å². The molecule has 2 nitrogen and oxygen atoms in total. The Labute approximate surface area is 188 Å². The summed E-state index contributed by atoms with van der Waals surface area (Å²) in [5.74, 6) is 0. The zero-order chi connectivity index (χ0) is 20.2. The summed E-state index contributed by atoms with van der Waals surface area (Å²) >= 11 is 6.65.